The highest BCUT2D eigenvalue weighted by Crippen LogP contribution is 2.23. The molecule has 2 aromatic carbocycles. The van der Waals surface area contributed by atoms with Gasteiger partial charge in [-0.05, 0) is 63.4 Å². The highest BCUT2D eigenvalue weighted by molar-refractivity contribution is 6.04. The van der Waals surface area contributed by atoms with Crippen LogP contribution in [0.5, 0.6) is 0 Å². The number of piperidine rings is 1. The molecule has 0 bridgehead atoms. The van der Waals surface area contributed by atoms with Gasteiger partial charge in [0.1, 0.15) is 0 Å². The third-order valence-electron chi connectivity index (χ3n) is 6.43. The first kappa shape index (κ1) is 22.5. The molecule has 6 nitrogen and oxygen atoms in total. The largest absolute Gasteiger partial charge is 0.376 e. The molecule has 0 unspecified atom stereocenters. The van der Waals surface area contributed by atoms with E-state index >= 15 is 0 Å². The number of nitrogens with one attached hydrogen (secondary N) is 2. The maximum atomic E-state index is 12.9. The normalized spacial score (nSPS) is 19.6. The zero-order chi connectivity index (χ0) is 22.3. The summed E-state index contributed by atoms with van der Waals surface area (Å²) in [4.78, 5) is 28.0. The number of nitrogens with zero attached hydrogens (tertiary/aromatic N) is 1. The zero-order valence-electron chi connectivity index (χ0n) is 18.8. The second kappa shape index (κ2) is 10.7. The summed E-state index contributed by atoms with van der Waals surface area (Å²) in [5.74, 6) is -0.212. The Morgan fingerprint density at radius 1 is 1.03 bits per heavy atom. The number of rotatable bonds is 7. The van der Waals surface area contributed by atoms with Gasteiger partial charge in [-0.15, -0.1) is 0 Å². The number of para-hydroxylation sites is 1. The lowest BCUT2D eigenvalue weighted by molar-refractivity contribution is -0.121. The maximum absolute atomic E-state index is 12.9. The number of hydrogen-bond acceptors (Lipinski definition) is 4. The first-order valence-electron chi connectivity index (χ1n) is 11.7. The zero-order valence-corrected chi connectivity index (χ0v) is 18.8. The number of anilines is 1. The van der Waals surface area contributed by atoms with Gasteiger partial charge >= 0.3 is 0 Å². The van der Waals surface area contributed by atoms with Gasteiger partial charge in [-0.1, -0.05) is 42.0 Å². The topological polar surface area (TPSA) is 70.7 Å². The number of benzene rings is 2. The third-order valence-corrected chi connectivity index (χ3v) is 6.43. The molecule has 0 aromatic heterocycles. The fourth-order valence-corrected chi connectivity index (χ4v) is 4.44. The van der Waals surface area contributed by atoms with E-state index in [-0.39, 0.29) is 23.8 Å². The minimum atomic E-state index is -0.177. The Balaban J connectivity index is 1.28. The third kappa shape index (κ3) is 5.96. The monoisotopic (exact) mass is 435 g/mol. The lowest BCUT2D eigenvalue weighted by Gasteiger charge is -2.31. The summed E-state index contributed by atoms with van der Waals surface area (Å²) in [6.07, 6.45) is 3.75. The van der Waals surface area contributed by atoms with E-state index < -0.39 is 0 Å². The van der Waals surface area contributed by atoms with Crippen LogP contribution in [-0.2, 0) is 16.1 Å². The molecule has 2 aromatic rings. The molecule has 0 radical (unpaired) electrons. The first-order valence-corrected chi connectivity index (χ1v) is 11.7. The molecule has 2 aliphatic rings. The average Bonchev–Trinajstić information content (AvgIpc) is 3.33. The molecule has 2 saturated heterocycles. The van der Waals surface area contributed by atoms with Crippen molar-refractivity contribution >= 4 is 17.5 Å². The number of carbonyl (C=O) groups excluding carboxylic acids is 2. The quantitative estimate of drug-likeness (QED) is 0.695. The number of likely N-dealkylation sites (tertiary alicyclic amines) is 1. The van der Waals surface area contributed by atoms with Crippen molar-refractivity contribution in [3.05, 3.63) is 65.2 Å². The van der Waals surface area contributed by atoms with Gasteiger partial charge in [0.15, 0.2) is 0 Å². The van der Waals surface area contributed by atoms with Gasteiger partial charge in [0.25, 0.3) is 5.91 Å². The minimum absolute atomic E-state index is 0.000591. The summed E-state index contributed by atoms with van der Waals surface area (Å²) < 4.78 is 5.58. The second-order valence-electron chi connectivity index (χ2n) is 8.92. The molecule has 0 saturated carbocycles. The van der Waals surface area contributed by atoms with E-state index in [0.717, 1.165) is 51.9 Å². The first-order chi connectivity index (χ1) is 15.6. The summed E-state index contributed by atoms with van der Waals surface area (Å²) in [5, 5.41) is 5.95. The van der Waals surface area contributed by atoms with E-state index in [1.54, 1.807) is 12.1 Å². The van der Waals surface area contributed by atoms with Crippen LogP contribution in [-0.4, -0.2) is 49.1 Å². The van der Waals surface area contributed by atoms with Gasteiger partial charge in [0, 0.05) is 25.6 Å². The van der Waals surface area contributed by atoms with Gasteiger partial charge < -0.3 is 15.4 Å². The molecular formula is C26H33N3O3. The molecule has 2 fully saturated rings. The highest BCUT2D eigenvalue weighted by Gasteiger charge is 2.26. The van der Waals surface area contributed by atoms with Gasteiger partial charge in [-0.2, -0.15) is 0 Å². The minimum Gasteiger partial charge on any atom is -0.376 e. The number of amides is 2. The molecule has 6 heteroatoms. The van der Waals surface area contributed by atoms with Crippen LogP contribution in [0.2, 0.25) is 0 Å². The van der Waals surface area contributed by atoms with Crippen LogP contribution in [0.3, 0.4) is 0 Å². The van der Waals surface area contributed by atoms with Gasteiger partial charge in [-0.25, -0.2) is 0 Å². The maximum Gasteiger partial charge on any atom is 0.253 e. The van der Waals surface area contributed by atoms with Gasteiger partial charge in [0.2, 0.25) is 5.91 Å². The van der Waals surface area contributed by atoms with Crippen LogP contribution in [0.15, 0.2) is 48.5 Å². The predicted molar refractivity (Wildman–Crippen MR) is 126 cm³/mol. The SMILES string of the molecule is Cc1ccc(CN2CCC(C(=O)Nc3ccccc3C(=O)NC[C@@H]3CCCO3)CC2)cc1. The molecule has 0 spiro atoms. The van der Waals surface area contributed by atoms with Crippen molar-refractivity contribution in [3.63, 3.8) is 0 Å². The summed E-state index contributed by atoms with van der Waals surface area (Å²) >= 11 is 0. The van der Waals surface area contributed by atoms with Crippen molar-refractivity contribution in [1.29, 1.82) is 0 Å². The van der Waals surface area contributed by atoms with Crippen LogP contribution in [0.1, 0.15) is 47.2 Å². The number of aryl methyl sites for hydroxylation is 1. The Kier molecular flexibility index (Phi) is 7.55. The molecule has 2 N–H and O–H groups in total. The van der Waals surface area contributed by atoms with Crippen molar-refractivity contribution in [3.8, 4) is 0 Å². The molecule has 1 atom stereocenters. The Bertz CT molecular complexity index is 914. The van der Waals surface area contributed by atoms with Crippen molar-refractivity contribution in [2.24, 2.45) is 5.92 Å². The van der Waals surface area contributed by atoms with E-state index in [1.807, 2.05) is 12.1 Å². The van der Waals surface area contributed by atoms with Crippen LogP contribution in [0.4, 0.5) is 5.69 Å². The average molecular weight is 436 g/mol. The van der Waals surface area contributed by atoms with Crippen molar-refractivity contribution < 1.29 is 14.3 Å². The molecule has 0 aliphatic carbocycles. The summed E-state index contributed by atoms with van der Waals surface area (Å²) in [6.45, 7) is 6.07. The van der Waals surface area contributed by atoms with E-state index in [1.165, 1.54) is 11.1 Å². The Morgan fingerprint density at radius 3 is 2.50 bits per heavy atom. The molecule has 2 aliphatic heterocycles. The molecular weight excluding hydrogens is 402 g/mol. The van der Waals surface area contributed by atoms with Crippen LogP contribution in [0.25, 0.3) is 0 Å². The summed E-state index contributed by atoms with van der Waals surface area (Å²) in [7, 11) is 0. The van der Waals surface area contributed by atoms with Gasteiger partial charge in [0.05, 0.1) is 17.4 Å². The molecule has 32 heavy (non-hydrogen) atoms. The van der Waals surface area contributed by atoms with Crippen molar-refractivity contribution in [2.75, 3.05) is 31.6 Å². The van der Waals surface area contributed by atoms with E-state index in [2.05, 4.69) is 46.7 Å². The summed E-state index contributed by atoms with van der Waals surface area (Å²) in [5.41, 5.74) is 3.64. The van der Waals surface area contributed by atoms with Crippen molar-refractivity contribution in [2.45, 2.75) is 45.3 Å². The van der Waals surface area contributed by atoms with Crippen LogP contribution >= 0.6 is 0 Å². The lowest BCUT2D eigenvalue weighted by atomic mass is 9.95. The Morgan fingerprint density at radius 2 is 1.78 bits per heavy atom. The molecule has 170 valence electrons. The van der Waals surface area contributed by atoms with E-state index in [4.69, 9.17) is 4.74 Å². The Hall–Kier alpha value is -2.70. The standard InChI is InChI=1S/C26H33N3O3/c1-19-8-10-20(11-9-19)18-29-14-12-21(13-15-29)25(30)28-24-7-3-2-6-23(24)26(31)27-17-22-5-4-16-32-22/h2-3,6-11,21-22H,4-5,12-18H2,1H3,(H,27,31)(H,28,30)/t22-/m0/s1. The molecule has 2 amide bonds. The van der Waals surface area contributed by atoms with E-state index in [0.29, 0.717) is 17.8 Å². The molecule has 4 rings (SSSR count). The van der Waals surface area contributed by atoms with Crippen LogP contribution in [0, 0.1) is 12.8 Å². The Labute approximate surface area is 190 Å². The number of hydrogen-bond donors (Lipinski definition) is 2. The second-order valence-corrected chi connectivity index (χ2v) is 8.92. The lowest BCUT2D eigenvalue weighted by Crippen LogP contribution is -2.38. The van der Waals surface area contributed by atoms with E-state index in [9.17, 15) is 9.59 Å². The smallest absolute Gasteiger partial charge is 0.253 e. The van der Waals surface area contributed by atoms with Crippen molar-refractivity contribution in [1.82, 2.24) is 10.2 Å². The predicted octanol–water partition coefficient (Wildman–Crippen LogP) is 3.75. The fraction of sp³-hybridized carbons (Fsp3) is 0.462. The number of ether oxygens (including phenoxy) is 1. The summed E-state index contributed by atoms with van der Waals surface area (Å²) in [6, 6.07) is 15.9. The van der Waals surface area contributed by atoms with Crippen LogP contribution < -0.4 is 10.6 Å². The molecule has 2 heterocycles. The fourth-order valence-electron chi connectivity index (χ4n) is 4.44. The number of carbonyl (C=O) groups is 2. The highest BCUT2D eigenvalue weighted by atomic mass is 16.5. The van der Waals surface area contributed by atoms with Gasteiger partial charge in [-0.3, -0.25) is 14.5 Å².